The smallest absolute Gasteiger partial charge is 0.271 e. The molecule has 0 aliphatic carbocycles. The number of carbonyl (C=O) groups excluding carboxylic acids is 1. The Balaban J connectivity index is 1.53. The van der Waals surface area contributed by atoms with Crippen LogP contribution in [0.5, 0.6) is 5.75 Å². The number of rotatable bonds is 8. The van der Waals surface area contributed by atoms with E-state index >= 15 is 0 Å². The lowest BCUT2D eigenvalue weighted by atomic mass is 10.3. The highest BCUT2D eigenvalue weighted by Gasteiger charge is 2.19. The first-order valence-electron chi connectivity index (χ1n) is 9.42. The Hall–Kier alpha value is -2.67. The summed E-state index contributed by atoms with van der Waals surface area (Å²) in [5, 5.41) is 7.09. The SMILES string of the molecule is C[C@@H](CNC(=O)c1ccc(=O)n(CCOc2ccccc2)n1)N1CCCC1. The van der Waals surface area contributed by atoms with Crippen molar-refractivity contribution in [3.63, 3.8) is 0 Å². The van der Waals surface area contributed by atoms with E-state index in [0.29, 0.717) is 19.2 Å². The fraction of sp³-hybridized carbons (Fsp3) is 0.450. The Morgan fingerprint density at radius 2 is 1.93 bits per heavy atom. The van der Waals surface area contributed by atoms with E-state index < -0.39 is 0 Å². The Morgan fingerprint density at radius 1 is 1.19 bits per heavy atom. The lowest BCUT2D eigenvalue weighted by Gasteiger charge is -2.23. The molecule has 2 heterocycles. The zero-order chi connectivity index (χ0) is 19.1. The van der Waals surface area contributed by atoms with Crippen molar-refractivity contribution in [3.05, 3.63) is 58.5 Å². The van der Waals surface area contributed by atoms with Gasteiger partial charge in [-0.3, -0.25) is 14.5 Å². The number of benzene rings is 1. The van der Waals surface area contributed by atoms with Crippen LogP contribution in [-0.2, 0) is 6.54 Å². The molecule has 0 bridgehead atoms. The molecule has 1 aliphatic rings. The minimum atomic E-state index is -0.265. The maximum absolute atomic E-state index is 12.4. The Kier molecular flexibility index (Phi) is 6.59. The highest BCUT2D eigenvalue weighted by atomic mass is 16.5. The predicted octanol–water partition coefficient (Wildman–Crippen LogP) is 1.54. The van der Waals surface area contributed by atoms with E-state index in [2.05, 4.69) is 22.2 Å². The van der Waals surface area contributed by atoms with Crippen molar-refractivity contribution in [2.75, 3.05) is 26.2 Å². The zero-order valence-electron chi connectivity index (χ0n) is 15.6. The number of nitrogens with zero attached hydrogens (tertiary/aromatic N) is 3. The van der Waals surface area contributed by atoms with Crippen molar-refractivity contribution >= 4 is 5.91 Å². The van der Waals surface area contributed by atoms with Crippen LogP contribution in [0.1, 0.15) is 30.3 Å². The third-order valence-corrected chi connectivity index (χ3v) is 4.74. The zero-order valence-corrected chi connectivity index (χ0v) is 15.6. The molecular weight excluding hydrogens is 344 g/mol. The summed E-state index contributed by atoms with van der Waals surface area (Å²) in [6.07, 6.45) is 2.44. The van der Waals surface area contributed by atoms with Gasteiger partial charge in [-0.05, 0) is 51.1 Å². The fourth-order valence-corrected chi connectivity index (χ4v) is 3.14. The van der Waals surface area contributed by atoms with Crippen LogP contribution in [0.3, 0.4) is 0 Å². The van der Waals surface area contributed by atoms with Crippen molar-refractivity contribution < 1.29 is 9.53 Å². The number of ether oxygens (including phenoxy) is 1. The number of aromatic nitrogens is 2. The van der Waals surface area contributed by atoms with Crippen LogP contribution in [0.4, 0.5) is 0 Å². The highest BCUT2D eigenvalue weighted by molar-refractivity contribution is 5.92. The molecule has 1 saturated heterocycles. The van der Waals surface area contributed by atoms with Crippen molar-refractivity contribution in [2.24, 2.45) is 0 Å². The van der Waals surface area contributed by atoms with Crippen LogP contribution in [-0.4, -0.2) is 52.9 Å². The van der Waals surface area contributed by atoms with Gasteiger partial charge in [0.15, 0.2) is 0 Å². The standard InChI is InChI=1S/C20H26N4O3/c1-16(23-11-5-6-12-23)15-21-20(26)18-9-10-19(25)24(22-18)13-14-27-17-7-3-2-4-8-17/h2-4,7-10,16H,5-6,11-15H2,1H3,(H,21,26)/t16-/m0/s1. The van der Waals surface area contributed by atoms with Gasteiger partial charge in [0.25, 0.3) is 11.5 Å². The molecule has 1 N–H and O–H groups in total. The summed E-state index contributed by atoms with van der Waals surface area (Å²) < 4.78 is 6.86. The molecule has 1 aromatic carbocycles. The van der Waals surface area contributed by atoms with E-state index in [1.165, 1.54) is 29.7 Å². The average molecular weight is 370 g/mol. The van der Waals surface area contributed by atoms with E-state index in [-0.39, 0.29) is 23.7 Å². The molecule has 2 aromatic rings. The van der Waals surface area contributed by atoms with Crippen LogP contribution in [0.2, 0.25) is 0 Å². The number of likely N-dealkylation sites (tertiary alicyclic amines) is 1. The van der Waals surface area contributed by atoms with Crippen molar-refractivity contribution in [2.45, 2.75) is 32.4 Å². The van der Waals surface area contributed by atoms with Crippen LogP contribution in [0, 0.1) is 0 Å². The van der Waals surface area contributed by atoms with Gasteiger partial charge in [-0.25, -0.2) is 4.68 Å². The number of hydrogen-bond donors (Lipinski definition) is 1. The molecule has 1 atom stereocenters. The Bertz CT molecular complexity index is 800. The first-order valence-corrected chi connectivity index (χ1v) is 9.42. The van der Waals surface area contributed by atoms with Crippen molar-refractivity contribution in [1.29, 1.82) is 0 Å². The molecular formula is C20H26N4O3. The summed E-state index contributed by atoms with van der Waals surface area (Å²) in [5.74, 6) is 0.467. The van der Waals surface area contributed by atoms with Crippen LogP contribution < -0.4 is 15.6 Å². The Morgan fingerprint density at radius 3 is 2.67 bits per heavy atom. The van der Waals surface area contributed by atoms with Gasteiger partial charge >= 0.3 is 0 Å². The molecule has 144 valence electrons. The van der Waals surface area contributed by atoms with Gasteiger partial charge in [0.1, 0.15) is 18.1 Å². The van der Waals surface area contributed by atoms with Gasteiger partial charge in [-0.15, -0.1) is 0 Å². The number of amides is 1. The maximum atomic E-state index is 12.4. The lowest BCUT2D eigenvalue weighted by Crippen LogP contribution is -2.41. The van der Waals surface area contributed by atoms with Gasteiger partial charge in [0.2, 0.25) is 0 Å². The van der Waals surface area contributed by atoms with E-state index in [4.69, 9.17) is 4.74 Å². The summed E-state index contributed by atoms with van der Waals surface area (Å²) >= 11 is 0. The normalized spacial score (nSPS) is 15.4. The third kappa shape index (κ3) is 5.40. The van der Waals surface area contributed by atoms with Crippen LogP contribution in [0.15, 0.2) is 47.3 Å². The molecule has 0 unspecified atom stereocenters. The van der Waals surface area contributed by atoms with Gasteiger partial charge in [0.05, 0.1) is 6.54 Å². The second kappa shape index (κ2) is 9.32. The van der Waals surface area contributed by atoms with Gasteiger partial charge in [-0.1, -0.05) is 18.2 Å². The fourth-order valence-electron chi connectivity index (χ4n) is 3.14. The minimum Gasteiger partial charge on any atom is -0.492 e. The third-order valence-electron chi connectivity index (χ3n) is 4.74. The molecule has 7 heteroatoms. The topological polar surface area (TPSA) is 76.5 Å². The second-order valence-corrected chi connectivity index (χ2v) is 6.74. The summed E-state index contributed by atoms with van der Waals surface area (Å²) in [5.41, 5.74) is -0.0171. The first-order chi connectivity index (χ1) is 13.1. The lowest BCUT2D eigenvalue weighted by molar-refractivity contribution is 0.0932. The van der Waals surface area contributed by atoms with E-state index in [0.717, 1.165) is 18.8 Å². The largest absolute Gasteiger partial charge is 0.492 e. The Labute approximate surface area is 158 Å². The number of nitrogens with one attached hydrogen (secondary N) is 1. The molecule has 0 spiro atoms. The summed E-state index contributed by atoms with van der Waals surface area (Å²) in [4.78, 5) is 26.7. The molecule has 0 saturated carbocycles. The first kappa shape index (κ1) is 19.1. The van der Waals surface area contributed by atoms with Crippen molar-refractivity contribution in [3.8, 4) is 5.75 Å². The summed E-state index contributed by atoms with van der Waals surface area (Å²) in [7, 11) is 0. The van der Waals surface area contributed by atoms with Gasteiger partial charge in [0, 0.05) is 18.7 Å². The van der Waals surface area contributed by atoms with E-state index in [1.807, 2.05) is 30.3 Å². The maximum Gasteiger partial charge on any atom is 0.271 e. The molecule has 7 nitrogen and oxygen atoms in total. The molecule has 1 aromatic heterocycles. The van der Waals surface area contributed by atoms with Crippen LogP contribution in [0.25, 0.3) is 0 Å². The number of carbonyl (C=O) groups is 1. The summed E-state index contributed by atoms with van der Waals surface area (Å²) in [6, 6.07) is 12.5. The predicted molar refractivity (Wildman–Crippen MR) is 103 cm³/mol. The quantitative estimate of drug-likeness (QED) is 0.763. The summed E-state index contributed by atoms with van der Waals surface area (Å²) in [6.45, 7) is 5.42. The van der Waals surface area contributed by atoms with Gasteiger partial charge in [-0.2, -0.15) is 5.10 Å². The second-order valence-electron chi connectivity index (χ2n) is 6.74. The molecule has 1 fully saturated rings. The molecule has 1 aliphatic heterocycles. The number of para-hydroxylation sites is 1. The molecule has 1 amide bonds. The molecule has 27 heavy (non-hydrogen) atoms. The van der Waals surface area contributed by atoms with Gasteiger partial charge < -0.3 is 10.1 Å². The van der Waals surface area contributed by atoms with Crippen molar-refractivity contribution in [1.82, 2.24) is 20.0 Å². The van der Waals surface area contributed by atoms with E-state index in [1.54, 1.807) is 0 Å². The highest BCUT2D eigenvalue weighted by Crippen LogP contribution is 2.11. The average Bonchev–Trinajstić information content (AvgIpc) is 3.23. The monoisotopic (exact) mass is 370 g/mol. The molecule has 3 rings (SSSR count). The number of hydrogen-bond acceptors (Lipinski definition) is 5. The van der Waals surface area contributed by atoms with Crippen LogP contribution >= 0.6 is 0 Å². The molecule has 0 radical (unpaired) electrons. The van der Waals surface area contributed by atoms with E-state index in [9.17, 15) is 9.59 Å². The minimum absolute atomic E-state index is 0.239.